The van der Waals surface area contributed by atoms with Crippen molar-refractivity contribution in [3.63, 3.8) is 0 Å². The van der Waals surface area contributed by atoms with E-state index in [2.05, 4.69) is 24.0 Å². The first-order valence-electron chi connectivity index (χ1n) is 11.6. The molecule has 4 saturated carbocycles. The minimum Gasteiger partial charge on any atom is -0.391 e. The second-order valence-electron chi connectivity index (χ2n) is 10.8. The lowest BCUT2D eigenvalue weighted by Gasteiger charge is -2.59. The number of nitrogens with zero attached hydrogens (tertiary/aromatic N) is 1. The van der Waals surface area contributed by atoms with Gasteiger partial charge in [0.15, 0.2) is 12.0 Å². The topological polar surface area (TPSA) is 67.8 Å². The van der Waals surface area contributed by atoms with Gasteiger partial charge in [-0.2, -0.15) is 0 Å². The van der Waals surface area contributed by atoms with E-state index in [0.29, 0.717) is 12.8 Å². The summed E-state index contributed by atoms with van der Waals surface area (Å²) in [5.74, 6) is -0.619. The molecule has 8 atom stereocenters. The Morgan fingerprint density at radius 1 is 1.20 bits per heavy atom. The first kappa shape index (κ1) is 20.3. The quantitative estimate of drug-likeness (QED) is 0.551. The van der Waals surface area contributed by atoms with Gasteiger partial charge in [-0.3, -0.25) is 9.59 Å². The fraction of sp³-hybridized carbons (Fsp3) is 0.792. The number of Topliss-reactive ketones (excluding diaryl/α,β-unsaturated/α-hetero) is 2. The van der Waals surface area contributed by atoms with Gasteiger partial charge in [0.2, 0.25) is 0 Å². The summed E-state index contributed by atoms with van der Waals surface area (Å²) in [7, 11) is 0. The van der Waals surface area contributed by atoms with Gasteiger partial charge in [-0.1, -0.05) is 24.2 Å². The number of rotatable bonds is 2. The zero-order chi connectivity index (χ0) is 21.3. The van der Waals surface area contributed by atoms with Crippen LogP contribution >= 0.6 is 0 Å². The van der Waals surface area contributed by atoms with Gasteiger partial charge >= 0.3 is 0 Å². The number of fused-ring (bicyclic) bond motifs is 5. The molecular formula is C24H33FN2O3. The van der Waals surface area contributed by atoms with Crippen LogP contribution < -0.4 is 5.32 Å². The zero-order valence-electron chi connectivity index (χ0n) is 18.1. The number of carbonyl (C=O) groups is 2. The van der Waals surface area contributed by atoms with Gasteiger partial charge in [-0.15, -0.1) is 0 Å². The molecule has 8 unspecified atom stereocenters. The highest BCUT2D eigenvalue weighted by Crippen LogP contribution is 2.65. The van der Waals surface area contributed by atoms with Crippen molar-refractivity contribution in [3.8, 4) is 0 Å². The average molecular weight is 417 g/mol. The highest BCUT2D eigenvalue weighted by Gasteiger charge is 2.68. The Balaban J connectivity index is 1.42. The van der Waals surface area contributed by atoms with E-state index in [-0.39, 0.29) is 46.8 Å². The van der Waals surface area contributed by atoms with Crippen molar-refractivity contribution in [2.45, 2.75) is 71.1 Å². The average Bonchev–Trinajstić information content (AvgIpc) is 3.34. The highest BCUT2D eigenvalue weighted by molar-refractivity contribution is 5.99. The number of hydrogen-bond acceptors (Lipinski definition) is 5. The molecule has 4 aliphatic carbocycles. The second kappa shape index (κ2) is 6.98. The van der Waals surface area contributed by atoms with E-state index in [1.807, 2.05) is 0 Å². The van der Waals surface area contributed by atoms with Crippen LogP contribution in [0.2, 0.25) is 0 Å². The number of hydrogen-bond donors (Lipinski definition) is 1. The molecule has 164 valence electrons. The van der Waals surface area contributed by atoms with E-state index in [1.165, 1.54) is 0 Å². The fourth-order valence-corrected chi connectivity index (χ4v) is 7.56. The van der Waals surface area contributed by atoms with Gasteiger partial charge < -0.3 is 10.2 Å². The molecule has 1 heterocycles. The molecule has 0 amide bonds. The molecule has 6 heteroatoms. The first-order valence-corrected chi connectivity index (χ1v) is 11.6. The largest absolute Gasteiger partial charge is 0.391 e. The predicted octanol–water partition coefficient (Wildman–Crippen LogP) is 3.63. The lowest BCUT2D eigenvalue weighted by Crippen LogP contribution is -2.62. The summed E-state index contributed by atoms with van der Waals surface area (Å²) in [5, 5.41) is 7.74. The molecule has 5 rings (SSSR count). The first-order chi connectivity index (χ1) is 14.3. The molecule has 5 fully saturated rings. The molecule has 1 saturated heterocycles. The van der Waals surface area contributed by atoms with E-state index in [9.17, 15) is 9.59 Å². The third kappa shape index (κ3) is 2.71. The van der Waals surface area contributed by atoms with E-state index >= 15 is 4.39 Å². The van der Waals surface area contributed by atoms with Crippen molar-refractivity contribution in [2.24, 2.45) is 39.7 Å². The summed E-state index contributed by atoms with van der Waals surface area (Å²) in [5.41, 5.74) is 0.722. The smallest absolute Gasteiger partial charge is 0.171 e. The molecule has 0 bridgehead atoms. The number of carbonyl (C=O) groups excluding carboxylic acids is 2. The molecular weight excluding hydrogens is 383 g/mol. The number of allylic oxidation sites excluding steroid dienone is 1. The Morgan fingerprint density at radius 2 is 2.00 bits per heavy atom. The molecule has 1 N–H and O–H groups in total. The van der Waals surface area contributed by atoms with Crippen molar-refractivity contribution < 1.29 is 18.8 Å². The van der Waals surface area contributed by atoms with Gasteiger partial charge in [0.05, 0.1) is 11.1 Å². The van der Waals surface area contributed by atoms with Crippen LogP contribution in [0.4, 0.5) is 4.39 Å². The van der Waals surface area contributed by atoms with E-state index in [4.69, 9.17) is 4.84 Å². The van der Waals surface area contributed by atoms with Crippen LogP contribution in [0.3, 0.4) is 0 Å². The molecule has 30 heavy (non-hydrogen) atoms. The van der Waals surface area contributed by atoms with Crippen LogP contribution in [0.15, 0.2) is 17.3 Å². The van der Waals surface area contributed by atoms with Crippen molar-refractivity contribution >= 4 is 17.3 Å². The Bertz CT molecular complexity index is 819. The summed E-state index contributed by atoms with van der Waals surface area (Å²) in [4.78, 5) is 31.7. The third-order valence-corrected chi connectivity index (χ3v) is 9.32. The Kier molecular flexibility index (Phi) is 4.73. The molecule has 5 nitrogen and oxygen atoms in total. The second-order valence-corrected chi connectivity index (χ2v) is 10.8. The Hall–Kier alpha value is -1.56. The van der Waals surface area contributed by atoms with Gasteiger partial charge in [0.25, 0.3) is 0 Å². The van der Waals surface area contributed by atoms with Gasteiger partial charge in [0, 0.05) is 25.3 Å². The monoisotopic (exact) mass is 416 g/mol. The molecule has 5 aliphatic rings. The zero-order valence-corrected chi connectivity index (χ0v) is 18.1. The van der Waals surface area contributed by atoms with Gasteiger partial charge in [-0.05, 0) is 68.7 Å². The maximum Gasteiger partial charge on any atom is 0.171 e. The van der Waals surface area contributed by atoms with Crippen molar-refractivity contribution in [1.82, 2.24) is 5.32 Å². The highest BCUT2D eigenvalue weighted by atomic mass is 19.1. The summed E-state index contributed by atoms with van der Waals surface area (Å²) in [6, 6.07) is 0. The van der Waals surface area contributed by atoms with Crippen LogP contribution in [-0.2, 0) is 14.4 Å². The summed E-state index contributed by atoms with van der Waals surface area (Å²) in [6.07, 6.45) is 3.56. The number of alkyl halides is 1. The van der Waals surface area contributed by atoms with Crippen LogP contribution in [-0.4, -0.2) is 42.6 Å². The number of oxime groups is 1. The van der Waals surface area contributed by atoms with E-state index in [1.54, 1.807) is 6.92 Å². The van der Waals surface area contributed by atoms with Crippen LogP contribution in [0, 0.1) is 34.5 Å². The summed E-state index contributed by atoms with van der Waals surface area (Å²) < 4.78 is 15.5. The van der Waals surface area contributed by atoms with Gasteiger partial charge in [-0.25, -0.2) is 4.39 Å². The normalized spacial score (nSPS) is 49.7. The fourth-order valence-electron chi connectivity index (χ4n) is 7.56. The lowest BCUT2D eigenvalue weighted by atomic mass is 9.43. The van der Waals surface area contributed by atoms with Crippen molar-refractivity contribution in [2.75, 3.05) is 13.1 Å². The summed E-state index contributed by atoms with van der Waals surface area (Å²) in [6.45, 7) is 10.1. The number of ketones is 2. The lowest BCUT2D eigenvalue weighted by molar-refractivity contribution is -0.165. The van der Waals surface area contributed by atoms with Crippen LogP contribution in [0.1, 0.15) is 58.8 Å². The Morgan fingerprint density at radius 3 is 2.73 bits per heavy atom. The predicted molar refractivity (Wildman–Crippen MR) is 112 cm³/mol. The maximum atomic E-state index is 15.5. The van der Waals surface area contributed by atoms with Gasteiger partial charge in [0.1, 0.15) is 11.9 Å². The SMILES string of the molecule is C=C1CC2C(C(=O)C(F)C3(C)C(=O)CCC23)C2(C)CCC(=NOC3CCNC3)CC12. The number of halogens is 1. The molecule has 0 spiro atoms. The maximum absolute atomic E-state index is 15.5. The third-order valence-electron chi connectivity index (χ3n) is 9.32. The Labute approximate surface area is 177 Å². The minimum atomic E-state index is -1.67. The van der Waals surface area contributed by atoms with Crippen molar-refractivity contribution in [3.05, 3.63) is 12.2 Å². The van der Waals surface area contributed by atoms with Crippen molar-refractivity contribution in [1.29, 1.82) is 0 Å². The molecule has 0 radical (unpaired) electrons. The van der Waals surface area contributed by atoms with E-state index in [0.717, 1.165) is 56.5 Å². The summed E-state index contributed by atoms with van der Waals surface area (Å²) >= 11 is 0. The number of nitrogens with one attached hydrogen (secondary N) is 1. The molecule has 0 aromatic heterocycles. The van der Waals surface area contributed by atoms with Crippen LogP contribution in [0.25, 0.3) is 0 Å². The standard InChI is InChI=1S/C24H33FN2O3/c1-13-10-16-17-4-5-19(28)24(17,3)22(25)21(29)20(16)23(2)8-6-14(11-18(13)23)27-30-15-7-9-26-12-15/h15-18,20,22,26H,1,4-12H2,2-3H3. The minimum absolute atomic E-state index is 0.0361. The molecule has 1 aliphatic heterocycles. The molecule has 0 aromatic rings. The van der Waals surface area contributed by atoms with Crippen LogP contribution in [0.5, 0.6) is 0 Å². The molecule has 0 aromatic carbocycles. The van der Waals surface area contributed by atoms with E-state index < -0.39 is 11.6 Å².